The molecule has 9 heteroatoms. The van der Waals surface area contributed by atoms with Crippen molar-refractivity contribution < 1.29 is 24.0 Å². The standard InChI is InChI=1S/C34H27N3O5S/c1-22(38)24-12-16-27(17-13-24)37-31(39)21-30(34(37)42)43-28-18-14-26(15-19-28)35-33(41)29(20-23-8-4-2-5-9-23)36-32(40)25-10-6-3-7-11-25/h2-20,30H,21H2,1H3,(H,35,41)(H,36,40)/b29-20-. The molecule has 0 bridgehead atoms. The highest BCUT2D eigenvalue weighted by Crippen LogP contribution is 2.34. The van der Waals surface area contributed by atoms with Crippen molar-refractivity contribution in [3.05, 3.63) is 132 Å². The van der Waals surface area contributed by atoms with Crippen LogP contribution in [0.3, 0.4) is 0 Å². The summed E-state index contributed by atoms with van der Waals surface area (Å²) in [5.41, 5.74) is 2.66. The molecule has 0 aliphatic carbocycles. The van der Waals surface area contributed by atoms with Gasteiger partial charge in [0.25, 0.3) is 11.8 Å². The van der Waals surface area contributed by atoms with Crippen LogP contribution in [0.15, 0.2) is 120 Å². The molecule has 0 spiro atoms. The van der Waals surface area contributed by atoms with Crippen LogP contribution in [-0.4, -0.2) is 34.7 Å². The van der Waals surface area contributed by atoms with Crippen molar-refractivity contribution in [3.8, 4) is 0 Å². The highest BCUT2D eigenvalue weighted by molar-refractivity contribution is 8.00. The smallest absolute Gasteiger partial charge is 0.272 e. The zero-order valence-electron chi connectivity index (χ0n) is 23.2. The average molecular weight is 590 g/mol. The maximum atomic E-state index is 13.2. The zero-order valence-corrected chi connectivity index (χ0v) is 24.0. The van der Waals surface area contributed by atoms with Crippen LogP contribution in [0.5, 0.6) is 0 Å². The second-order valence-corrected chi connectivity index (χ2v) is 11.0. The highest BCUT2D eigenvalue weighted by atomic mass is 32.2. The number of hydrogen-bond acceptors (Lipinski definition) is 6. The van der Waals surface area contributed by atoms with Gasteiger partial charge >= 0.3 is 0 Å². The molecule has 1 fully saturated rings. The van der Waals surface area contributed by atoms with E-state index in [2.05, 4.69) is 10.6 Å². The third-order valence-corrected chi connectivity index (χ3v) is 7.86. The van der Waals surface area contributed by atoms with Crippen LogP contribution in [0.4, 0.5) is 11.4 Å². The summed E-state index contributed by atoms with van der Waals surface area (Å²) in [4.78, 5) is 65.3. The molecule has 43 heavy (non-hydrogen) atoms. The molecule has 0 saturated carbocycles. The summed E-state index contributed by atoms with van der Waals surface area (Å²) in [6, 6.07) is 31.1. The molecule has 1 heterocycles. The number of anilines is 2. The molecular weight excluding hydrogens is 562 g/mol. The summed E-state index contributed by atoms with van der Waals surface area (Å²) in [5, 5.41) is 4.92. The topological polar surface area (TPSA) is 113 Å². The van der Waals surface area contributed by atoms with Crippen molar-refractivity contribution in [1.29, 1.82) is 0 Å². The minimum Gasteiger partial charge on any atom is -0.321 e. The molecule has 1 unspecified atom stereocenters. The fourth-order valence-corrected chi connectivity index (χ4v) is 5.50. The van der Waals surface area contributed by atoms with Crippen molar-refractivity contribution in [1.82, 2.24) is 5.32 Å². The third-order valence-electron chi connectivity index (χ3n) is 6.67. The van der Waals surface area contributed by atoms with Crippen LogP contribution in [0.25, 0.3) is 6.08 Å². The number of thioether (sulfide) groups is 1. The van der Waals surface area contributed by atoms with Crippen LogP contribution in [0.1, 0.15) is 39.6 Å². The van der Waals surface area contributed by atoms with E-state index >= 15 is 0 Å². The van der Waals surface area contributed by atoms with Gasteiger partial charge in [0.15, 0.2) is 5.78 Å². The van der Waals surface area contributed by atoms with Gasteiger partial charge in [0, 0.05) is 28.1 Å². The summed E-state index contributed by atoms with van der Waals surface area (Å²) in [6.07, 6.45) is 1.65. The van der Waals surface area contributed by atoms with Crippen molar-refractivity contribution in [3.63, 3.8) is 0 Å². The van der Waals surface area contributed by atoms with Crippen LogP contribution in [0, 0.1) is 0 Å². The largest absolute Gasteiger partial charge is 0.321 e. The number of imide groups is 1. The van der Waals surface area contributed by atoms with Crippen molar-refractivity contribution >= 4 is 58.6 Å². The Morgan fingerprint density at radius 2 is 1.42 bits per heavy atom. The zero-order chi connectivity index (χ0) is 30.3. The fraction of sp³-hybridized carbons (Fsp3) is 0.0882. The first-order valence-corrected chi connectivity index (χ1v) is 14.4. The number of nitrogens with one attached hydrogen (secondary N) is 2. The van der Waals surface area contributed by atoms with Crippen LogP contribution in [-0.2, 0) is 14.4 Å². The molecule has 1 saturated heterocycles. The predicted molar refractivity (Wildman–Crippen MR) is 167 cm³/mol. The lowest BCUT2D eigenvalue weighted by Crippen LogP contribution is -2.31. The minimum atomic E-state index is -0.603. The van der Waals surface area contributed by atoms with Gasteiger partial charge < -0.3 is 10.6 Å². The number of benzene rings is 4. The summed E-state index contributed by atoms with van der Waals surface area (Å²) < 4.78 is 0. The maximum absolute atomic E-state index is 13.2. The molecule has 2 N–H and O–H groups in total. The Hall–Kier alpha value is -5.28. The summed E-state index contributed by atoms with van der Waals surface area (Å²) in [7, 11) is 0. The molecule has 1 aliphatic heterocycles. The number of hydrogen-bond donors (Lipinski definition) is 2. The Balaban J connectivity index is 1.26. The quantitative estimate of drug-likeness (QED) is 0.147. The normalized spacial score (nSPS) is 14.9. The second-order valence-electron chi connectivity index (χ2n) is 9.75. The van der Waals surface area contributed by atoms with Crippen molar-refractivity contribution in [2.24, 2.45) is 0 Å². The Morgan fingerprint density at radius 3 is 2.05 bits per heavy atom. The molecule has 1 aliphatic rings. The average Bonchev–Trinajstić information content (AvgIpc) is 3.30. The van der Waals surface area contributed by atoms with E-state index in [0.717, 1.165) is 15.4 Å². The van der Waals surface area contributed by atoms with E-state index in [9.17, 15) is 24.0 Å². The molecule has 214 valence electrons. The van der Waals surface area contributed by atoms with E-state index in [0.29, 0.717) is 22.5 Å². The third kappa shape index (κ3) is 7.14. The molecule has 8 nitrogen and oxygen atoms in total. The number of amides is 4. The Kier molecular flexibility index (Phi) is 8.93. The number of carbonyl (C=O) groups excluding carboxylic acids is 5. The number of nitrogens with zero attached hydrogens (tertiary/aromatic N) is 1. The van der Waals surface area contributed by atoms with E-state index in [4.69, 9.17) is 0 Å². The molecular formula is C34H27N3O5S. The maximum Gasteiger partial charge on any atom is 0.272 e. The van der Waals surface area contributed by atoms with Crippen molar-refractivity contribution in [2.45, 2.75) is 23.5 Å². The number of carbonyl (C=O) groups is 5. The highest BCUT2D eigenvalue weighted by Gasteiger charge is 2.40. The molecule has 5 rings (SSSR count). The van der Waals surface area contributed by atoms with Gasteiger partial charge in [-0.2, -0.15) is 0 Å². The SMILES string of the molecule is CC(=O)c1ccc(N2C(=O)CC(Sc3ccc(NC(=O)/C(=C/c4ccccc4)NC(=O)c4ccccc4)cc3)C2=O)cc1. The van der Waals surface area contributed by atoms with Crippen LogP contribution in [0.2, 0.25) is 0 Å². The molecule has 4 aromatic carbocycles. The van der Waals surface area contributed by atoms with Gasteiger partial charge in [0.2, 0.25) is 11.8 Å². The summed E-state index contributed by atoms with van der Waals surface area (Å²) >= 11 is 1.26. The van der Waals surface area contributed by atoms with E-state index in [1.807, 2.05) is 30.3 Å². The Labute approximate surface area is 252 Å². The van der Waals surface area contributed by atoms with Crippen LogP contribution >= 0.6 is 11.8 Å². The first-order chi connectivity index (χ1) is 20.8. The Morgan fingerprint density at radius 1 is 0.791 bits per heavy atom. The lowest BCUT2D eigenvalue weighted by Gasteiger charge is -2.15. The lowest BCUT2D eigenvalue weighted by atomic mass is 10.1. The van der Waals surface area contributed by atoms with Gasteiger partial charge in [-0.05, 0) is 79.2 Å². The molecule has 4 amide bonds. The van der Waals surface area contributed by atoms with Gasteiger partial charge in [0.05, 0.1) is 10.9 Å². The van der Waals surface area contributed by atoms with Gasteiger partial charge in [0.1, 0.15) is 5.70 Å². The monoisotopic (exact) mass is 589 g/mol. The molecule has 4 aromatic rings. The number of Topliss-reactive ketones (excluding diaryl/α,β-unsaturated/α-hetero) is 1. The lowest BCUT2D eigenvalue weighted by molar-refractivity contribution is -0.121. The summed E-state index contributed by atoms with van der Waals surface area (Å²) in [5.74, 6) is -1.65. The van der Waals surface area contributed by atoms with E-state index < -0.39 is 17.1 Å². The molecule has 1 atom stereocenters. The van der Waals surface area contributed by atoms with Gasteiger partial charge in [-0.25, -0.2) is 4.90 Å². The fourth-order valence-electron chi connectivity index (χ4n) is 4.45. The van der Waals surface area contributed by atoms with Crippen molar-refractivity contribution in [2.75, 3.05) is 10.2 Å². The second kappa shape index (κ2) is 13.1. The minimum absolute atomic E-state index is 0.0468. The van der Waals surface area contributed by atoms with E-state index in [-0.39, 0.29) is 29.7 Å². The molecule has 0 aromatic heterocycles. The van der Waals surface area contributed by atoms with Gasteiger partial charge in [-0.3, -0.25) is 24.0 Å². The number of ketones is 1. The first kappa shape index (κ1) is 29.2. The van der Waals surface area contributed by atoms with E-state index in [1.165, 1.54) is 18.7 Å². The summed E-state index contributed by atoms with van der Waals surface area (Å²) in [6.45, 7) is 1.45. The predicted octanol–water partition coefficient (Wildman–Crippen LogP) is 5.72. The van der Waals surface area contributed by atoms with Crippen LogP contribution < -0.4 is 15.5 Å². The van der Waals surface area contributed by atoms with Gasteiger partial charge in [-0.15, -0.1) is 11.8 Å². The number of rotatable bonds is 9. The Bertz CT molecular complexity index is 1700. The van der Waals surface area contributed by atoms with Gasteiger partial charge in [-0.1, -0.05) is 48.5 Å². The first-order valence-electron chi connectivity index (χ1n) is 13.5. The molecule has 0 radical (unpaired) electrons. The van der Waals surface area contributed by atoms with E-state index in [1.54, 1.807) is 84.9 Å².